The van der Waals surface area contributed by atoms with Crippen LogP contribution in [0.1, 0.15) is 46.5 Å². The van der Waals surface area contributed by atoms with Crippen LogP contribution in [-0.2, 0) is 0 Å². The van der Waals surface area contributed by atoms with E-state index < -0.39 is 7.38 Å². The first-order valence-electron chi connectivity index (χ1n) is 9.22. The summed E-state index contributed by atoms with van der Waals surface area (Å²) in [5.74, 6) is 0.829. The Balaban J connectivity index is 1.93. The van der Waals surface area contributed by atoms with Crippen LogP contribution in [-0.4, -0.2) is 7.38 Å². The summed E-state index contributed by atoms with van der Waals surface area (Å²) in [7, 11) is -2.22. The van der Waals surface area contributed by atoms with Gasteiger partial charge in [-0.2, -0.15) is 11.1 Å². The molecule has 0 spiro atoms. The maximum absolute atomic E-state index is 7.57. The van der Waals surface area contributed by atoms with E-state index in [0.29, 0.717) is 11.0 Å². The molecule has 1 aliphatic rings. The molecule has 3 rings (SSSR count). The van der Waals surface area contributed by atoms with Crippen LogP contribution in [0.2, 0.25) is 5.54 Å². The highest BCUT2D eigenvalue weighted by Gasteiger charge is 2.45. The normalized spacial score (nSPS) is 22.3. The van der Waals surface area contributed by atoms with Gasteiger partial charge in [0.05, 0.1) is 0 Å². The van der Waals surface area contributed by atoms with Crippen molar-refractivity contribution in [2.24, 2.45) is 11.3 Å². The molecule has 0 aromatic heterocycles. The summed E-state index contributed by atoms with van der Waals surface area (Å²) in [6, 6.07) is 21.8. The van der Waals surface area contributed by atoms with E-state index in [4.69, 9.17) is 11.1 Å². The van der Waals surface area contributed by atoms with E-state index in [1.807, 2.05) is 0 Å². The largest absolute Gasteiger partial charge is 0.220 e. The minimum atomic E-state index is -2.22. The summed E-state index contributed by atoms with van der Waals surface area (Å²) in [6.07, 6.45) is 5.16. The van der Waals surface area contributed by atoms with E-state index in [1.165, 1.54) is 36.1 Å². The van der Waals surface area contributed by atoms with Gasteiger partial charge < -0.3 is 0 Å². The summed E-state index contributed by atoms with van der Waals surface area (Å²) >= 11 is 7.57. The molecule has 1 fully saturated rings. The van der Waals surface area contributed by atoms with Crippen LogP contribution in [0.15, 0.2) is 60.7 Å². The number of rotatable bonds is 3. The maximum atomic E-state index is 7.57. The number of benzene rings is 2. The molecule has 0 atom stereocenters. The van der Waals surface area contributed by atoms with Crippen LogP contribution in [0.3, 0.4) is 0 Å². The minimum Gasteiger partial charge on any atom is -0.155 e. The third kappa shape index (κ3) is 3.48. The SMILES string of the molecule is CC(C)(C)C1CCC([Si](Cl)(c2ccccc2)c2ccccc2)CC1. The predicted octanol–water partition coefficient (Wildman–Crippen LogP) is 5.59. The number of hydrogen-bond donors (Lipinski definition) is 0. The van der Waals surface area contributed by atoms with Crippen LogP contribution in [0, 0.1) is 11.3 Å². The Morgan fingerprint density at radius 3 is 1.54 bits per heavy atom. The van der Waals surface area contributed by atoms with E-state index in [0.717, 1.165) is 5.92 Å². The summed E-state index contributed by atoms with van der Waals surface area (Å²) in [6.45, 7) is 7.16. The van der Waals surface area contributed by atoms with Gasteiger partial charge in [0.2, 0.25) is 7.38 Å². The predicted molar refractivity (Wildman–Crippen MR) is 109 cm³/mol. The highest BCUT2D eigenvalue weighted by Crippen LogP contribution is 2.46. The van der Waals surface area contributed by atoms with E-state index in [-0.39, 0.29) is 0 Å². The second kappa shape index (κ2) is 7.05. The molecule has 0 saturated heterocycles. The zero-order valence-corrected chi connectivity index (χ0v) is 16.9. The van der Waals surface area contributed by atoms with Gasteiger partial charge in [-0.15, -0.1) is 0 Å². The van der Waals surface area contributed by atoms with E-state index in [9.17, 15) is 0 Å². The van der Waals surface area contributed by atoms with Crippen LogP contribution in [0.4, 0.5) is 0 Å². The van der Waals surface area contributed by atoms with Gasteiger partial charge in [-0.25, -0.2) is 0 Å². The molecule has 24 heavy (non-hydrogen) atoms. The fraction of sp³-hybridized carbons (Fsp3) is 0.455. The fourth-order valence-electron chi connectivity index (χ4n) is 4.36. The van der Waals surface area contributed by atoms with Gasteiger partial charge in [-0.1, -0.05) is 94.3 Å². The molecule has 2 aromatic carbocycles. The van der Waals surface area contributed by atoms with Crippen LogP contribution >= 0.6 is 11.1 Å². The Hall–Kier alpha value is -1.05. The van der Waals surface area contributed by atoms with E-state index in [2.05, 4.69) is 81.4 Å². The molecule has 1 aliphatic carbocycles. The van der Waals surface area contributed by atoms with Crippen molar-refractivity contribution in [3.05, 3.63) is 60.7 Å². The summed E-state index contributed by atoms with van der Waals surface area (Å²) < 4.78 is 0. The molecule has 0 heterocycles. The highest BCUT2D eigenvalue weighted by atomic mass is 35.6. The van der Waals surface area contributed by atoms with Gasteiger partial charge >= 0.3 is 0 Å². The molecule has 0 bridgehead atoms. The van der Waals surface area contributed by atoms with Crippen molar-refractivity contribution in [2.45, 2.75) is 52.0 Å². The van der Waals surface area contributed by atoms with Crippen molar-refractivity contribution in [3.8, 4) is 0 Å². The van der Waals surface area contributed by atoms with Crippen molar-refractivity contribution in [3.63, 3.8) is 0 Å². The maximum Gasteiger partial charge on any atom is 0.220 e. The topological polar surface area (TPSA) is 0 Å². The number of hydrogen-bond acceptors (Lipinski definition) is 0. The first-order valence-corrected chi connectivity index (χ1v) is 12.3. The smallest absolute Gasteiger partial charge is 0.155 e. The lowest BCUT2D eigenvalue weighted by Gasteiger charge is -2.42. The van der Waals surface area contributed by atoms with Gasteiger partial charge in [-0.05, 0) is 40.1 Å². The number of halogens is 1. The van der Waals surface area contributed by atoms with Crippen molar-refractivity contribution in [1.82, 2.24) is 0 Å². The fourth-order valence-corrected chi connectivity index (χ4v) is 9.53. The first-order chi connectivity index (χ1) is 11.4. The molecule has 0 N–H and O–H groups in total. The zero-order valence-electron chi connectivity index (χ0n) is 15.1. The van der Waals surface area contributed by atoms with E-state index >= 15 is 0 Å². The molecule has 1 saturated carbocycles. The molecule has 0 nitrogen and oxygen atoms in total. The van der Waals surface area contributed by atoms with Crippen molar-refractivity contribution in [2.75, 3.05) is 0 Å². The Kier molecular flexibility index (Phi) is 5.22. The lowest BCUT2D eigenvalue weighted by atomic mass is 9.72. The molecular formula is C22H29ClSi. The summed E-state index contributed by atoms with van der Waals surface area (Å²) in [5.41, 5.74) is 1.05. The van der Waals surface area contributed by atoms with Crippen LogP contribution in [0.25, 0.3) is 0 Å². The van der Waals surface area contributed by atoms with Crippen molar-refractivity contribution < 1.29 is 0 Å². The third-order valence-electron chi connectivity index (χ3n) is 5.90. The molecule has 2 aromatic rings. The molecule has 0 amide bonds. The summed E-state index contributed by atoms with van der Waals surface area (Å²) in [5, 5.41) is 2.74. The second-order valence-electron chi connectivity index (χ2n) is 8.36. The van der Waals surface area contributed by atoms with Gasteiger partial charge in [0.25, 0.3) is 0 Å². The van der Waals surface area contributed by atoms with E-state index in [1.54, 1.807) is 0 Å². The minimum absolute atomic E-state index is 0.418. The average molecular weight is 357 g/mol. The summed E-state index contributed by atoms with van der Waals surface area (Å²) in [4.78, 5) is 0. The molecule has 0 unspecified atom stereocenters. The van der Waals surface area contributed by atoms with Crippen molar-refractivity contribution >= 4 is 28.8 Å². The Morgan fingerprint density at radius 1 is 0.750 bits per heavy atom. The quantitative estimate of drug-likeness (QED) is 0.496. The Labute approximate surface area is 153 Å². The van der Waals surface area contributed by atoms with Crippen molar-refractivity contribution in [1.29, 1.82) is 0 Å². The third-order valence-corrected chi connectivity index (χ3v) is 12.2. The second-order valence-corrected chi connectivity index (χ2v) is 13.5. The van der Waals surface area contributed by atoms with Crippen LogP contribution < -0.4 is 10.4 Å². The molecule has 0 aliphatic heterocycles. The van der Waals surface area contributed by atoms with Gasteiger partial charge in [0.15, 0.2) is 0 Å². The Bertz CT molecular complexity index is 597. The highest BCUT2D eigenvalue weighted by molar-refractivity contribution is 7.34. The Morgan fingerprint density at radius 2 is 1.17 bits per heavy atom. The standard InChI is InChI=1S/C22H29ClSi/c1-22(2,3)18-14-16-21(17-15-18)24(23,19-10-6-4-7-11-19)20-12-8-5-9-13-20/h4-13,18,21H,14-17H2,1-3H3. The van der Waals surface area contributed by atoms with Crippen LogP contribution in [0.5, 0.6) is 0 Å². The first kappa shape index (κ1) is 17.8. The zero-order chi connectivity index (χ0) is 17.2. The molecule has 2 heteroatoms. The molecule has 0 radical (unpaired) electrons. The lowest BCUT2D eigenvalue weighted by Crippen LogP contribution is -2.57. The monoisotopic (exact) mass is 356 g/mol. The van der Waals surface area contributed by atoms with Gasteiger partial charge in [0, 0.05) is 0 Å². The van der Waals surface area contributed by atoms with Gasteiger partial charge in [0.1, 0.15) is 0 Å². The molecule has 128 valence electrons. The average Bonchev–Trinajstić information content (AvgIpc) is 2.62. The molecular weight excluding hydrogens is 328 g/mol. The van der Waals surface area contributed by atoms with Gasteiger partial charge in [-0.3, -0.25) is 0 Å². The lowest BCUT2D eigenvalue weighted by molar-refractivity contribution is 0.179.